The first-order valence-corrected chi connectivity index (χ1v) is 6.13. The number of anilines is 1. The number of hydrogen-bond donors (Lipinski definition) is 0. The van der Waals surface area contributed by atoms with E-state index < -0.39 is 0 Å². The Morgan fingerprint density at radius 1 is 1.31 bits per heavy atom. The van der Waals surface area contributed by atoms with Crippen LogP contribution in [0.3, 0.4) is 0 Å². The zero-order chi connectivity index (χ0) is 12.3. The molecule has 0 amide bonds. The fourth-order valence-electron chi connectivity index (χ4n) is 1.34. The Kier molecular flexibility index (Phi) is 4.54. The molecule has 0 aliphatic heterocycles. The first-order chi connectivity index (χ1) is 7.45. The molecule has 0 aromatic carbocycles. The molecule has 1 aromatic heterocycles. The van der Waals surface area contributed by atoms with Gasteiger partial charge in [-0.15, -0.1) is 11.6 Å². The van der Waals surface area contributed by atoms with Gasteiger partial charge in [0.1, 0.15) is 11.6 Å². The minimum Gasteiger partial charge on any atom is -0.356 e. The molecule has 1 rings (SSSR count). The van der Waals surface area contributed by atoms with E-state index in [2.05, 4.69) is 35.6 Å². The molecule has 0 bridgehead atoms. The number of alkyl halides is 1. The maximum absolute atomic E-state index is 5.85. The largest absolute Gasteiger partial charge is 0.356 e. The van der Waals surface area contributed by atoms with Crippen molar-refractivity contribution in [3.63, 3.8) is 0 Å². The van der Waals surface area contributed by atoms with Crippen molar-refractivity contribution >= 4 is 17.4 Å². The van der Waals surface area contributed by atoms with Crippen molar-refractivity contribution in [1.29, 1.82) is 0 Å². The number of aromatic nitrogens is 2. The SMILES string of the molecule is Cc1cc(N(C)C(C)CCl)nc(C(C)C)n1. The molecule has 0 N–H and O–H groups in total. The van der Waals surface area contributed by atoms with Gasteiger partial charge in [0.05, 0.1) is 0 Å². The molecule has 0 saturated carbocycles. The van der Waals surface area contributed by atoms with Crippen LogP contribution in [0.25, 0.3) is 0 Å². The van der Waals surface area contributed by atoms with Crippen LogP contribution in [0, 0.1) is 6.92 Å². The van der Waals surface area contributed by atoms with Crippen LogP contribution < -0.4 is 4.90 Å². The lowest BCUT2D eigenvalue weighted by Gasteiger charge is -2.25. The van der Waals surface area contributed by atoms with Crippen molar-refractivity contribution in [2.75, 3.05) is 17.8 Å². The Morgan fingerprint density at radius 3 is 2.44 bits per heavy atom. The van der Waals surface area contributed by atoms with Gasteiger partial charge in [0, 0.05) is 36.6 Å². The molecule has 0 aliphatic carbocycles. The third kappa shape index (κ3) is 3.08. The van der Waals surface area contributed by atoms with Crippen molar-refractivity contribution in [2.45, 2.75) is 39.7 Å². The highest BCUT2D eigenvalue weighted by Gasteiger charge is 2.13. The van der Waals surface area contributed by atoms with Crippen LogP contribution in [0.1, 0.15) is 38.2 Å². The van der Waals surface area contributed by atoms with E-state index in [1.807, 2.05) is 20.0 Å². The lowest BCUT2D eigenvalue weighted by atomic mass is 10.2. The topological polar surface area (TPSA) is 29.0 Å². The summed E-state index contributed by atoms with van der Waals surface area (Å²) in [4.78, 5) is 11.1. The number of halogens is 1. The van der Waals surface area contributed by atoms with Gasteiger partial charge in [0.2, 0.25) is 0 Å². The van der Waals surface area contributed by atoms with Gasteiger partial charge in [-0.2, -0.15) is 0 Å². The van der Waals surface area contributed by atoms with Crippen molar-refractivity contribution in [2.24, 2.45) is 0 Å². The first kappa shape index (κ1) is 13.2. The van der Waals surface area contributed by atoms with Crippen LogP contribution in [0.15, 0.2) is 6.07 Å². The average molecular weight is 242 g/mol. The van der Waals surface area contributed by atoms with Crippen molar-refractivity contribution in [3.05, 3.63) is 17.6 Å². The number of nitrogens with zero attached hydrogens (tertiary/aromatic N) is 3. The molecular formula is C12H20ClN3. The maximum Gasteiger partial charge on any atom is 0.133 e. The Hall–Kier alpha value is -0.830. The molecule has 16 heavy (non-hydrogen) atoms. The van der Waals surface area contributed by atoms with Crippen molar-refractivity contribution in [3.8, 4) is 0 Å². The number of rotatable bonds is 4. The number of hydrogen-bond acceptors (Lipinski definition) is 3. The second-order valence-corrected chi connectivity index (χ2v) is 4.80. The predicted molar refractivity (Wildman–Crippen MR) is 69.4 cm³/mol. The summed E-state index contributed by atoms with van der Waals surface area (Å²) in [5.41, 5.74) is 1.00. The predicted octanol–water partition coefficient (Wildman–Crippen LogP) is 2.97. The van der Waals surface area contributed by atoms with E-state index in [9.17, 15) is 0 Å². The zero-order valence-corrected chi connectivity index (χ0v) is 11.4. The van der Waals surface area contributed by atoms with Gasteiger partial charge in [0.25, 0.3) is 0 Å². The summed E-state index contributed by atoms with van der Waals surface area (Å²) in [6, 6.07) is 2.27. The standard InChI is InChI=1S/C12H20ClN3/c1-8(2)12-14-9(3)6-11(15-12)16(5)10(4)7-13/h6,8,10H,7H2,1-5H3. The van der Waals surface area contributed by atoms with Crippen LogP contribution in [0.4, 0.5) is 5.82 Å². The lowest BCUT2D eigenvalue weighted by Crippen LogP contribution is -2.31. The molecule has 0 saturated heterocycles. The van der Waals surface area contributed by atoms with E-state index in [-0.39, 0.29) is 6.04 Å². The normalized spacial score (nSPS) is 12.9. The highest BCUT2D eigenvalue weighted by molar-refractivity contribution is 6.18. The van der Waals surface area contributed by atoms with Gasteiger partial charge in [-0.3, -0.25) is 0 Å². The third-order valence-corrected chi connectivity index (χ3v) is 3.07. The third-order valence-electron chi connectivity index (χ3n) is 2.62. The summed E-state index contributed by atoms with van der Waals surface area (Å²) in [6.07, 6.45) is 0. The summed E-state index contributed by atoms with van der Waals surface area (Å²) >= 11 is 5.85. The van der Waals surface area contributed by atoms with E-state index >= 15 is 0 Å². The maximum atomic E-state index is 5.85. The summed E-state index contributed by atoms with van der Waals surface area (Å²) in [6.45, 7) is 8.28. The van der Waals surface area contributed by atoms with Crippen LogP contribution >= 0.6 is 11.6 Å². The van der Waals surface area contributed by atoms with Crippen LogP contribution in [-0.4, -0.2) is 28.9 Å². The van der Waals surface area contributed by atoms with E-state index in [0.29, 0.717) is 11.8 Å². The van der Waals surface area contributed by atoms with Crippen molar-refractivity contribution in [1.82, 2.24) is 9.97 Å². The lowest BCUT2D eigenvalue weighted by molar-refractivity contribution is 0.718. The molecule has 4 heteroatoms. The highest BCUT2D eigenvalue weighted by Crippen LogP contribution is 2.18. The van der Waals surface area contributed by atoms with E-state index in [1.165, 1.54) is 0 Å². The molecule has 0 aliphatic rings. The molecule has 0 fully saturated rings. The second-order valence-electron chi connectivity index (χ2n) is 4.49. The fourth-order valence-corrected chi connectivity index (χ4v) is 1.55. The molecule has 1 heterocycles. The molecule has 1 aromatic rings. The first-order valence-electron chi connectivity index (χ1n) is 5.60. The van der Waals surface area contributed by atoms with Gasteiger partial charge in [-0.1, -0.05) is 13.8 Å². The van der Waals surface area contributed by atoms with Gasteiger partial charge < -0.3 is 4.90 Å². The van der Waals surface area contributed by atoms with E-state index in [0.717, 1.165) is 17.3 Å². The molecule has 0 spiro atoms. The summed E-state index contributed by atoms with van der Waals surface area (Å²) in [5, 5.41) is 0. The molecule has 0 radical (unpaired) electrons. The number of aryl methyl sites for hydroxylation is 1. The quantitative estimate of drug-likeness (QED) is 0.759. The minimum absolute atomic E-state index is 0.274. The molecular weight excluding hydrogens is 222 g/mol. The molecule has 1 atom stereocenters. The monoisotopic (exact) mass is 241 g/mol. The van der Waals surface area contributed by atoms with E-state index in [4.69, 9.17) is 11.6 Å². The zero-order valence-electron chi connectivity index (χ0n) is 10.7. The summed E-state index contributed by atoms with van der Waals surface area (Å²) in [5.74, 6) is 2.78. The minimum atomic E-state index is 0.274. The molecule has 1 unspecified atom stereocenters. The van der Waals surface area contributed by atoms with Gasteiger partial charge >= 0.3 is 0 Å². The van der Waals surface area contributed by atoms with Crippen LogP contribution in [0.5, 0.6) is 0 Å². The Bertz CT molecular complexity index is 352. The van der Waals surface area contributed by atoms with Gasteiger partial charge in [-0.25, -0.2) is 9.97 Å². The Balaban J connectivity index is 3.04. The fraction of sp³-hybridized carbons (Fsp3) is 0.667. The summed E-state index contributed by atoms with van der Waals surface area (Å²) < 4.78 is 0. The Labute approximate surface area is 103 Å². The summed E-state index contributed by atoms with van der Waals surface area (Å²) in [7, 11) is 2.01. The second kappa shape index (κ2) is 5.48. The molecule has 3 nitrogen and oxygen atoms in total. The highest BCUT2D eigenvalue weighted by atomic mass is 35.5. The van der Waals surface area contributed by atoms with Crippen LogP contribution in [0.2, 0.25) is 0 Å². The van der Waals surface area contributed by atoms with Crippen molar-refractivity contribution < 1.29 is 0 Å². The van der Waals surface area contributed by atoms with Gasteiger partial charge in [0.15, 0.2) is 0 Å². The average Bonchev–Trinajstić information content (AvgIpc) is 2.26. The smallest absolute Gasteiger partial charge is 0.133 e. The van der Waals surface area contributed by atoms with Gasteiger partial charge in [-0.05, 0) is 13.8 Å². The molecule has 90 valence electrons. The van der Waals surface area contributed by atoms with E-state index in [1.54, 1.807) is 0 Å². The Morgan fingerprint density at radius 2 is 1.94 bits per heavy atom. The van der Waals surface area contributed by atoms with Crippen LogP contribution in [-0.2, 0) is 0 Å².